The summed E-state index contributed by atoms with van der Waals surface area (Å²) in [7, 11) is 0. The summed E-state index contributed by atoms with van der Waals surface area (Å²) in [5.74, 6) is -0.579. The Bertz CT molecular complexity index is 642. The van der Waals surface area contributed by atoms with E-state index in [9.17, 15) is 14.7 Å². The van der Waals surface area contributed by atoms with Crippen molar-refractivity contribution in [2.45, 2.75) is 75.9 Å². The van der Waals surface area contributed by atoms with E-state index in [1.54, 1.807) is 0 Å². The minimum Gasteiger partial charge on any atom is -0.480 e. The molecule has 1 aromatic heterocycles. The maximum absolute atomic E-state index is 12.5. The van der Waals surface area contributed by atoms with Crippen molar-refractivity contribution in [1.82, 2.24) is 20.8 Å². The summed E-state index contributed by atoms with van der Waals surface area (Å²) in [4.78, 5) is 23.9. The fraction of sp³-hybridized carbons (Fsp3) is 0.789. The van der Waals surface area contributed by atoms with E-state index in [0.717, 1.165) is 25.7 Å². The van der Waals surface area contributed by atoms with E-state index in [1.807, 2.05) is 0 Å². The SMILES string of the molecule is NCCCC[C@H](NC(=O)N[C@@H](CCCCN)c1nnc([C@@H](N)CCCCN)o1)C(=O)O. The highest BCUT2D eigenvalue weighted by Gasteiger charge is 2.25. The number of nitrogens with one attached hydrogen (secondary N) is 2. The molecule has 0 saturated heterocycles. The van der Waals surface area contributed by atoms with Crippen LogP contribution in [0.4, 0.5) is 4.79 Å². The minimum absolute atomic E-state index is 0.228. The lowest BCUT2D eigenvalue weighted by Gasteiger charge is -2.19. The zero-order chi connectivity index (χ0) is 23.1. The molecule has 0 aliphatic heterocycles. The predicted octanol–water partition coefficient (Wildman–Crippen LogP) is 0.250. The first-order chi connectivity index (χ1) is 14.9. The van der Waals surface area contributed by atoms with Crippen molar-refractivity contribution >= 4 is 12.0 Å². The molecular weight excluding hydrogens is 404 g/mol. The van der Waals surface area contributed by atoms with Gasteiger partial charge in [-0.25, -0.2) is 9.59 Å². The van der Waals surface area contributed by atoms with Crippen LogP contribution >= 0.6 is 0 Å². The van der Waals surface area contributed by atoms with E-state index in [1.165, 1.54) is 0 Å². The fourth-order valence-corrected chi connectivity index (χ4v) is 3.03. The zero-order valence-electron chi connectivity index (χ0n) is 18.1. The van der Waals surface area contributed by atoms with Crippen LogP contribution in [-0.4, -0.2) is 53.0 Å². The smallest absolute Gasteiger partial charge is 0.326 e. The molecule has 0 radical (unpaired) electrons. The lowest BCUT2D eigenvalue weighted by molar-refractivity contribution is -0.139. The fourth-order valence-electron chi connectivity index (χ4n) is 3.03. The molecule has 0 aromatic carbocycles. The van der Waals surface area contributed by atoms with E-state index >= 15 is 0 Å². The van der Waals surface area contributed by atoms with Crippen LogP contribution in [0.3, 0.4) is 0 Å². The molecule has 1 aromatic rings. The molecule has 11 N–H and O–H groups in total. The van der Waals surface area contributed by atoms with Crippen LogP contribution in [0.25, 0.3) is 0 Å². The van der Waals surface area contributed by atoms with Gasteiger partial charge in [0.05, 0.1) is 6.04 Å². The number of carboxylic acid groups (broad SMARTS) is 1. The second kappa shape index (κ2) is 15.5. The van der Waals surface area contributed by atoms with Gasteiger partial charge in [-0.3, -0.25) is 0 Å². The van der Waals surface area contributed by atoms with Crippen molar-refractivity contribution in [3.8, 4) is 0 Å². The molecule has 1 rings (SSSR count). The van der Waals surface area contributed by atoms with Gasteiger partial charge in [0.1, 0.15) is 12.1 Å². The average Bonchev–Trinajstić information content (AvgIpc) is 3.23. The van der Waals surface area contributed by atoms with Crippen molar-refractivity contribution in [2.24, 2.45) is 22.9 Å². The Kier molecular flexibility index (Phi) is 13.4. The van der Waals surface area contributed by atoms with Crippen LogP contribution in [0.1, 0.15) is 81.7 Å². The van der Waals surface area contributed by atoms with Gasteiger partial charge in [-0.05, 0) is 71.0 Å². The lowest BCUT2D eigenvalue weighted by atomic mass is 10.1. The Hall–Kier alpha value is -2.28. The van der Waals surface area contributed by atoms with E-state index in [4.69, 9.17) is 27.4 Å². The number of hydrogen-bond acceptors (Lipinski definition) is 9. The summed E-state index contributed by atoms with van der Waals surface area (Å²) in [6.45, 7) is 1.57. The summed E-state index contributed by atoms with van der Waals surface area (Å²) in [6, 6.07) is -2.62. The number of hydrogen-bond donors (Lipinski definition) is 7. The Labute approximate surface area is 182 Å². The molecule has 12 heteroatoms. The van der Waals surface area contributed by atoms with Crippen LogP contribution < -0.4 is 33.6 Å². The molecule has 0 saturated carbocycles. The van der Waals surface area contributed by atoms with E-state index < -0.39 is 30.1 Å². The number of aromatic nitrogens is 2. The maximum atomic E-state index is 12.5. The third-order valence-corrected chi connectivity index (χ3v) is 4.84. The van der Waals surface area contributed by atoms with Gasteiger partial charge in [0.25, 0.3) is 0 Å². The van der Waals surface area contributed by atoms with Crippen LogP contribution in [0.5, 0.6) is 0 Å². The number of rotatable bonds is 17. The van der Waals surface area contributed by atoms with Crippen molar-refractivity contribution in [1.29, 1.82) is 0 Å². The van der Waals surface area contributed by atoms with E-state index in [2.05, 4.69) is 20.8 Å². The Morgan fingerprint density at radius 1 is 0.839 bits per heavy atom. The van der Waals surface area contributed by atoms with Gasteiger partial charge in [0.15, 0.2) is 0 Å². The topological polar surface area (TPSA) is 221 Å². The quantitative estimate of drug-likeness (QED) is 0.163. The van der Waals surface area contributed by atoms with Gasteiger partial charge in [0.2, 0.25) is 11.8 Å². The normalized spacial score (nSPS) is 14.1. The number of aliphatic carboxylic acids is 1. The molecule has 31 heavy (non-hydrogen) atoms. The molecular formula is C19H38N8O4. The molecule has 0 aliphatic rings. The van der Waals surface area contributed by atoms with Gasteiger partial charge >= 0.3 is 12.0 Å². The largest absolute Gasteiger partial charge is 0.480 e. The molecule has 0 bridgehead atoms. The van der Waals surface area contributed by atoms with Gasteiger partial charge in [-0.2, -0.15) is 0 Å². The van der Waals surface area contributed by atoms with Crippen molar-refractivity contribution in [2.75, 3.05) is 19.6 Å². The van der Waals surface area contributed by atoms with Crippen molar-refractivity contribution < 1.29 is 19.1 Å². The second-order valence-electron chi connectivity index (χ2n) is 7.50. The third kappa shape index (κ3) is 10.5. The molecule has 0 aliphatic carbocycles. The lowest BCUT2D eigenvalue weighted by Crippen LogP contribution is -2.47. The number of carbonyl (C=O) groups is 2. The van der Waals surface area contributed by atoms with E-state index in [-0.39, 0.29) is 5.89 Å². The first-order valence-corrected chi connectivity index (χ1v) is 10.9. The van der Waals surface area contributed by atoms with Crippen LogP contribution in [0, 0.1) is 0 Å². The number of nitrogens with two attached hydrogens (primary N) is 4. The highest BCUT2D eigenvalue weighted by Crippen LogP contribution is 2.22. The Morgan fingerprint density at radius 3 is 1.97 bits per heavy atom. The summed E-state index contributed by atoms with van der Waals surface area (Å²) in [5, 5.41) is 22.6. The summed E-state index contributed by atoms with van der Waals surface area (Å²) >= 11 is 0. The Balaban J connectivity index is 2.77. The number of unbranched alkanes of at least 4 members (excludes halogenated alkanes) is 3. The first kappa shape index (κ1) is 26.8. The number of amides is 2. The first-order valence-electron chi connectivity index (χ1n) is 10.9. The standard InChI is InChI=1S/C19H38N8O4/c20-10-4-1-7-13(23)16-26-27-17(31-16)14(8-2-5-11-21)24-19(30)25-15(18(28)29)9-3-6-12-22/h13-15H,1-12,20-23H2,(H,28,29)(H2,24,25,30)/t13-,14-,15-/m0/s1. The van der Waals surface area contributed by atoms with Gasteiger partial charge in [-0.1, -0.05) is 6.42 Å². The van der Waals surface area contributed by atoms with Crippen molar-refractivity contribution in [3.63, 3.8) is 0 Å². The molecule has 0 spiro atoms. The average molecular weight is 443 g/mol. The molecule has 1 heterocycles. The number of carboxylic acids is 1. The zero-order valence-corrected chi connectivity index (χ0v) is 18.1. The number of carbonyl (C=O) groups excluding carboxylic acids is 1. The van der Waals surface area contributed by atoms with Crippen LogP contribution in [-0.2, 0) is 4.79 Å². The molecule has 12 nitrogen and oxygen atoms in total. The molecule has 178 valence electrons. The summed E-state index contributed by atoms with van der Waals surface area (Å²) in [5.41, 5.74) is 22.6. The minimum atomic E-state index is -1.10. The van der Waals surface area contributed by atoms with Crippen LogP contribution in [0.2, 0.25) is 0 Å². The van der Waals surface area contributed by atoms with Crippen LogP contribution in [0.15, 0.2) is 4.42 Å². The third-order valence-electron chi connectivity index (χ3n) is 4.84. The number of nitrogens with zero attached hydrogens (tertiary/aromatic N) is 2. The highest BCUT2D eigenvalue weighted by atomic mass is 16.4. The summed E-state index contributed by atoms with van der Waals surface area (Å²) in [6.07, 6.45) is 5.93. The van der Waals surface area contributed by atoms with Gasteiger partial charge in [-0.15, -0.1) is 10.2 Å². The summed E-state index contributed by atoms with van der Waals surface area (Å²) < 4.78 is 5.72. The van der Waals surface area contributed by atoms with Gasteiger partial charge < -0.3 is 43.1 Å². The Morgan fingerprint density at radius 2 is 1.39 bits per heavy atom. The molecule has 2 amide bonds. The second-order valence-corrected chi connectivity index (χ2v) is 7.50. The van der Waals surface area contributed by atoms with E-state index in [0.29, 0.717) is 57.6 Å². The molecule has 0 fully saturated rings. The predicted molar refractivity (Wildman–Crippen MR) is 116 cm³/mol. The highest BCUT2D eigenvalue weighted by molar-refractivity contribution is 5.82. The maximum Gasteiger partial charge on any atom is 0.326 e. The number of urea groups is 1. The molecule has 3 atom stereocenters. The van der Waals surface area contributed by atoms with Gasteiger partial charge in [0, 0.05) is 0 Å². The molecule has 0 unspecified atom stereocenters. The monoisotopic (exact) mass is 442 g/mol. The van der Waals surface area contributed by atoms with Crippen molar-refractivity contribution in [3.05, 3.63) is 11.8 Å².